The first-order valence-corrected chi connectivity index (χ1v) is 7.27. The van der Waals surface area contributed by atoms with E-state index in [4.69, 9.17) is 14.9 Å². The molecule has 3 rings (SSSR count). The molecule has 0 aliphatic heterocycles. The molecule has 106 valence electrons. The van der Waals surface area contributed by atoms with Crippen molar-refractivity contribution in [3.63, 3.8) is 0 Å². The van der Waals surface area contributed by atoms with Gasteiger partial charge in [0.2, 0.25) is 0 Å². The maximum atomic E-state index is 6.25. The van der Waals surface area contributed by atoms with Gasteiger partial charge in [0, 0.05) is 6.54 Å². The van der Waals surface area contributed by atoms with Crippen LogP contribution >= 0.6 is 0 Å². The zero-order valence-electron chi connectivity index (χ0n) is 11.8. The SMILES string of the molecule is Cc1ccc(C(CN)OC2CCCc3ccccc32)o1. The molecule has 0 saturated carbocycles. The summed E-state index contributed by atoms with van der Waals surface area (Å²) in [5.74, 6) is 1.72. The van der Waals surface area contributed by atoms with E-state index < -0.39 is 0 Å². The summed E-state index contributed by atoms with van der Waals surface area (Å²) < 4.78 is 11.9. The molecule has 0 saturated heterocycles. The maximum Gasteiger partial charge on any atom is 0.134 e. The fourth-order valence-electron chi connectivity index (χ4n) is 2.91. The van der Waals surface area contributed by atoms with E-state index in [2.05, 4.69) is 24.3 Å². The summed E-state index contributed by atoms with van der Waals surface area (Å²) in [7, 11) is 0. The number of hydrogen-bond acceptors (Lipinski definition) is 3. The van der Waals surface area contributed by atoms with E-state index in [9.17, 15) is 0 Å². The third-order valence-electron chi connectivity index (χ3n) is 3.94. The van der Waals surface area contributed by atoms with E-state index in [1.54, 1.807) is 0 Å². The topological polar surface area (TPSA) is 48.4 Å². The Morgan fingerprint density at radius 3 is 2.90 bits per heavy atom. The van der Waals surface area contributed by atoms with Crippen LogP contribution in [0.15, 0.2) is 40.8 Å². The molecule has 0 bridgehead atoms. The molecule has 0 amide bonds. The molecule has 20 heavy (non-hydrogen) atoms. The predicted octanol–water partition coefficient (Wildman–Crippen LogP) is 3.68. The zero-order chi connectivity index (χ0) is 13.9. The molecule has 1 aromatic heterocycles. The lowest BCUT2D eigenvalue weighted by Crippen LogP contribution is -2.21. The molecule has 1 aromatic carbocycles. The Balaban J connectivity index is 1.80. The number of hydrogen-bond donors (Lipinski definition) is 1. The highest BCUT2D eigenvalue weighted by atomic mass is 16.5. The van der Waals surface area contributed by atoms with Crippen molar-refractivity contribution in [3.8, 4) is 0 Å². The molecule has 1 heterocycles. The number of furan rings is 1. The van der Waals surface area contributed by atoms with Gasteiger partial charge in [-0.25, -0.2) is 0 Å². The molecule has 0 fully saturated rings. The van der Waals surface area contributed by atoms with Gasteiger partial charge in [0.15, 0.2) is 0 Å². The molecule has 2 atom stereocenters. The summed E-state index contributed by atoms with van der Waals surface area (Å²) in [5, 5.41) is 0. The molecular formula is C17H21NO2. The first kappa shape index (κ1) is 13.4. The second-order valence-electron chi connectivity index (χ2n) is 5.39. The Bertz CT molecular complexity index is 576. The van der Waals surface area contributed by atoms with Gasteiger partial charge in [-0.1, -0.05) is 24.3 Å². The van der Waals surface area contributed by atoms with Crippen molar-refractivity contribution in [1.29, 1.82) is 0 Å². The van der Waals surface area contributed by atoms with Crippen LogP contribution in [-0.4, -0.2) is 6.54 Å². The highest BCUT2D eigenvalue weighted by molar-refractivity contribution is 5.31. The summed E-state index contributed by atoms with van der Waals surface area (Å²) >= 11 is 0. The number of rotatable bonds is 4. The average molecular weight is 271 g/mol. The van der Waals surface area contributed by atoms with Crippen LogP contribution in [0.5, 0.6) is 0 Å². The minimum Gasteiger partial charge on any atom is -0.464 e. The normalized spacial score (nSPS) is 19.6. The Morgan fingerprint density at radius 1 is 1.30 bits per heavy atom. The predicted molar refractivity (Wildman–Crippen MR) is 78.4 cm³/mol. The van der Waals surface area contributed by atoms with Gasteiger partial charge in [0.1, 0.15) is 17.6 Å². The summed E-state index contributed by atoms with van der Waals surface area (Å²) in [6, 6.07) is 12.4. The van der Waals surface area contributed by atoms with Crippen LogP contribution < -0.4 is 5.73 Å². The van der Waals surface area contributed by atoms with Crippen molar-refractivity contribution in [2.45, 2.75) is 38.4 Å². The van der Waals surface area contributed by atoms with Crippen LogP contribution in [0, 0.1) is 6.92 Å². The van der Waals surface area contributed by atoms with E-state index in [0.717, 1.165) is 30.8 Å². The second-order valence-corrected chi connectivity index (χ2v) is 5.39. The van der Waals surface area contributed by atoms with Crippen molar-refractivity contribution < 1.29 is 9.15 Å². The Hall–Kier alpha value is -1.58. The lowest BCUT2D eigenvalue weighted by atomic mass is 9.89. The van der Waals surface area contributed by atoms with Gasteiger partial charge in [0.05, 0.1) is 6.10 Å². The molecule has 3 nitrogen and oxygen atoms in total. The molecule has 2 unspecified atom stereocenters. The summed E-state index contributed by atoms with van der Waals surface area (Å²) in [4.78, 5) is 0. The number of nitrogens with two attached hydrogens (primary N) is 1. The van der Waals surface area contributed by atoms with E-state index in [1.165, 1.54) is 11.1 Å². The van der Waals surface area contributed by atoms with Crippen molar-refractivity contribution in [2.75, 3.05) is 6.54 Å². The zero-order valence-corrected chi connectivity index (χ0v) is 11.8. The molecule has 0 radical (unpaired) electrons. The van der Waals surface area contributed by atoms with Crippen molar-refractivity contribution >= 4 is 0 Å². The van der Waals surface area contributed by atoms with Crippen molar-refractivity contribution in [3.05, 3.63) is 59.0 Å². The van der Waals surface area contributed by atoms with E-state index in [1.807, 2.05) is 19.1 Å². The van der Waals surface area contributed by atoms with E-state index >= 15 is 0 Å². The molecule has 2 N–H and O–H groups in total. The van der Waals surface area contributed by atoms with Gasteiger partial charge < -0.3 is 14.9 Å². The van der Waals surface area contributed by atoms with Crippen LogP contribution in [0.3, 0.4) is 0 Å². The van der Waals surface area contributed by atoms with Crippen molar-refractivity contribution in [2.24, 2.45) is 5.73 Å². The van der Waals surface area contributed by atoms with Gasteiger partial charge >= 0.3 is 0 Å². The minimum absolute atomic E-state index is 0.124. The number of ether oxygens (including phenoxy) is 1. The van der Waals surface area contributed by atoms with Gasteiger partial charge in [-0.2, -0.15) is 0 Å². The average Bonchev–Trinajstić information content (AvgIpc) is 2.91. The molecule has 0 spiro atoms. The van der Waals surface area contributed by atoms with Crippen molar-refractivity contribution in [1.82, 2.24) is 0 Å². The first-order valence-electron chi connectivity index (χ1n) is 7.27. The summed E-state index contributed by atoms with van der Waals surface area (Å²) in [6.45, 7) is 2.37. The van der Waals surface area contributed by atoms with E-state index in [-0.39, 0.29) is 12.2 Å². The number of fused-ring (bicyclic) bond motifs is 1. The molecule has 1 aliphatic rings. The standard InChI is InChI=1S/C17H21NO2/c1-12-9-10-16(19-12)17(11-18)20-15-8-4-6-13-5-2-3-7-14(13)15/h2-3,5,7,9-10,15,17H,4,6,8,11,18H2,1H3. The summed E-state index contributed by atoms with van der Waals surface area (Å²) in [6.07, 6.45) is 3.31. The lowest BCUT2D eigenvalue weighted by molar-refractivity contribution is -0.0294. The maximum absolute atomic E-state index is 6.25. The third-order valence-corrected chi connectivity index (χ3v) is 3.94. The largest absolute Gasteiger partial charge is 0.464 e. The molecule has 1 aliphatic carbocycles. The fourth-order valence-corrected chi connectivity index (χ4v) is 2.91. The van der Waals surface area contributed by atoms with Gasteiger partial charge in [0.25, 0.3) is 0 Å². The smallest absolute Gasteiger partial charge is 0.134 e. The van der Waals surface area contributed by atoms with E-state index in [0.29, 0.717) is 6.54 Å². The van der Waals surface area contributed by atoms with Crippen LogP contribution in [0.1, 0.15) is 47.7 Å². The van der Waals surface area contributed by atoms with Crippen LogP contribution in [0.2, 0.25) is 0 Å². The van der Waals surface area contributed by atoms with Crippen LogP contribution in [0.25, 0.3) is 0 Å². The highest BCUT2D eigenvalue weighted by Gasteiger charge is 2.25. The lowest BCUT2D eigenvalue weighted by Gasteiger charge is -2.28. The Kier molecular flexibility index (Phi) is 3.90. The quantitative estimate of drug-likeness (QED) is 0.922. The fraction of sp³-hybridized carbons (Fsp3) is 0.412. The second kappa shape index (κ2) is 5.81. The number of aryl methyl sites for hydroxylation is 2. The highest BCUT2D eigenvalue weighted by Crippen LogP contribution is 2.36. The third kappa shape index (κ3) is 2.65. The summed E-state index contributed by atoms with van der Waals surface area (Å²) in [5.41, 5.74) is 8.57. The van der Waals surface area contributed by atoms with Gasteiger partial charge in [-0.15, -0.1) is 0 Å². The minimum atomic E-state index is -0.167. The molecule has 2 aromatic rings. The van der Waals surface area contributed by atoms with Crippen LogP contribution in [0.4, 0.5) is 0 Å². The Morgan fingerprint density at radius 2 is 2.15 bits per heavy atom. The monoisotopic (exact) mass is 271 g/mol. The number of benzene rings is 1. The first-order chi connectivity index (χ1) is 9.78. The molecule has 3 heteroatoms. The van der Waals surface area contributed by atoms with Gasteiger partial charge in [-0.3, -0.25) is 0 Å². The van der Waals surface area contributed by atoms with Crippen LogP contribution in [-0.2, 0) is 11.2 Å². The molecular weight excluding hydrogens is 250 g/mol. The van der Waals surface area contributed by atoms with Gasteiger partial charge in [-0.05, 0) is 49.4 Å². The Labute approximate surface area is 119 Å².